The molecule has 1 aliphatic carbocycles. The number of nitrogens with one attached hydrogen (secondary N) is 1. The van der Waals surface area contributed by atoms with Gasteiger partial charge in [-0.15, -0.1) is 0 Å². The van der Waals surface area contributed by atoms with Crippen molar-refractivity contribution in [2.24, 2.45) is 0 Å². The molecule has 0 amide bonds. The molecule has 0 spiro atoms. The summed E-state index contributed by atoms with van der Waals surface area (Å²) in [6.45, 7) is 6.46. The molecule has 2 aliphatic rings. The number of rotatable bonds is 3. The molecule has 5 heteroatoms. The first-order chi connectivity index (χ1) is 12.3. The third-order valence-corrected chi connectivity index (χ3v) is 5.35. The number of piperazine rings is 1. The number of fused-ring (bicyclic) bond motifs is 1. The molecule has 5 nitrogen and oxygen atoms in total. The topological polar surface area (TPSA) is 46.0 Å². The van der Waals surface area contributed by atoms with Crippen LogP contribution in [-0.2, 0) is 0 Å². The molecule has 2 aromatic heterocycles. The van der Waals surface area contributed by atoms with E-state index in [4.69, 9.17) is 4.98 Å². The van der Waals surface area contributed by atoms with E-state index in [9.17, 15) is 0 Å². The lowest BCUT2D eigenvalue weighted by atomic mass is 10.0. The fourth-order valence-electron chi connectivity index (χ4n) is 3.80. The Hall–Kier alpha value is -2.40. The van der Waals surface area contributed by atoms with Gasteiger partial charge in [0.05, 0.1) is 29.3 Å². The molecule has 1 aliphatic heterocycles. The van der Waals surface area contributed by atoms with Crippen LogP contribution in [0.4, 0.5) is 5.69 Å². The van der Waals surface area contributed by atoms with Gasteiger partial charge in [-0.2, -0.15) is 0 Å². The highest BCUT2D eigenvalue weighted by atomic mass is 15.2. The van der Waals surface area contributed by atoms with Crippen molar-refractivity contribution in [2.45, 2.75) is 25.8 Å². The van der Waals surface area contributed by atoms with Crippen LogP contribution in [0.2, 0.25) is 0 Å². The van der Waals surface area contributed by atoms with E-state index in [1.807, 2.05) is 12.5 Å². The standard InChI is InChI=1S/C20H23N5/c1-14-10-15(2-5-19(14)24-8-6-21-7-9-24)17-11-18-20(12-22-17)25(13-23-18)16-3-4-16/h2,5,10-13,16,21H,3-4,6-9H2,1H3. The second kappa shape index (κ2) is 5.85. The van der Waals surface area contributed by atoms with Crippen LogP contribution in [0.3, 0.4) is 0 Å². The van der Waals surface area contributed by atoms with Crippen LogP contribution in [0.5, 0.6) is 0 Å². The van der Waals surface area contributed by atoms with E-state index in [0.29, 0.717) is 6.04 Å². The summed E-state index contributed by atoms with van der Waals surface area (Å²) >= 11 is 0. The van der Waals surface area contributed by atoms with Gasteiger partial charge in [0.15, 0.2) is 0 Å². The number of aryl methyl sites for hydroxylation is 1. The molecule has 128 valence electrons. The van der Waals surface area contributed by atoms with Crippen molar-refractivity contribution in [3.8, 4) is 11.3 Å². The van der Waals surface area contributed by atoms with Crippen LogP contribution in [0.25, 0.3) is 22.3 Å². The molecule has 3 aromatic rings. The maximum Gasteiger partial charge on any atom is 0.0961 e. The Morgan fingerprint density at radius 2 is 1.92 bits per heavy atom. The summed E-state index contributed by atoms with van der Waals surface area (Å²) in [5.41, 5.74) is 7.01. The fourth-order valence-corrected chi connectivity index (χ4v) is 3.80. The minimum Gasteiger partial charge on any atom is -0.369 e. The quantitative estimate of drug-likeness (QED) is 0.800. The summed E-state index contributed by atoms with van der Waals surface area (Å²) in [6.07, 6.45) is 6.47. The number of hydrogen-bond acceptors (Lipinski definition) is 4. The molecule has 0 radical (unpaired) electrons. The Morgan fingerprint density at radius 1 is 1.08 bits per heavy atom. The van der Waals surface area contributed by atoms with Gasteiger partial charge in [-0.1, -0.05) is 6.07 Å². The smallest absolute Gasteiger partial charge is 0.0961 e. The van der Waals surface area contributed by atoms with Gasteiger partial charge in [0.2, 0.25) is 0 Å². The summed E-state index contributed by atoms with van der Waals surface area (Å²) in [6, 6.07) is 9.44. The highest BCUT2D eigenvalue weighted by molar-refractivity contribution is 5.80. The number of aromatic nitrogens is 3. The summed E-state index contributed by atoms with van der Waals surface area (Å²) in [4.78, 5) is 11.8. The Labute approximate surface area is 147 Å². The van der Waals surface area contributed by atoms with Crippen LogP contribution in [0.1, 0.15) is 24.4 Å². The van der Waals surface area contributed by atoms with E-state index >= 15 is 0 Å². The molecule has 1 saturated heterocycles. The average molecular weight is 333 g/mol. The second-order valence-electron chi connectivity index (χ2n) is 7.18. The van der Waals surface area contributed by atoms with E-state index in [-0.39, 0.29) is 0 Å². The highest BCUT2D eigenvalue weighted by Crippen LogP contribution is 2.37. The predicted octanol–water partition coefficient (Wildman–Crippen LogP) is 3.15. The molecule has 1 saturated carbocycles. The first-order valence-electron chi connectivity index (χ1n) is 9.19. The van der Waals surface area contributed by atoms with Crippen molar-refractivity contribution in [1.82, 2.24) is 19.9 Å². The molecular formula is C20H23N5. The minimum atomic E-state index is 0.637. The maximum absolute atomic E-state index is 4.72. The van der Waals surface area contributed by atoms with E-state index in [2.05, 4.69) is 51.0 Å². The molecule has 1 aromatic carbocycles. The molecule has 0 bridgehead atoms. The molecule has 0 atom stereocenters. The second-order valence-corrected chi connectivity index (χ2v) is 7.18. The number of anilines is 1. The maximum atomic E-state index is 4.72. The van der Waals surface area contributed by atoms with Gasteiger partial charge in [-0.3, -0.25) is 4.98 Å². The van der Waals surface area contributed by atoms with Crippen molar-refractivity contribution in [3.05, 3.63) is 42.4 Å². The van der Waals surface area contributed by atoms with Gasteiger partial charge in [0.25, 0.3) is 0 Å². The van der Waals surface area contributed by atoms with Crippen molar-refractivity contribution in [3.63, 3.8) is 0 Å². The van der Waals surface area contributed by atoms with E-state index in [1.165, 1.54) is 29.7 Å². The van der Waals surface area contributed by atoms with E-state index in [0.717, 1.165) is 42.9 Å². The fraction of sp³-hybridized carbons (Fsp3) is 0.400. The number of benzene rings is 1. The molecule has 25 heavy (non-hydrogen) atoms. The molecule has 0 unspecified atom stereocenters. The highest BCUT2D eigenvalue weighted by Gasteiger charge is 2.25. The zero-order chi connectivity index (χ0) is 16.8. The van der Waals surface area contributed by atoms with E-state index in [1.54, 1.807) is 0 Å². The van der Waals surface area contributed by atoms with Gasteiger partial charge < -0.3 is 14.8 Å². The lowest BCUT2D eigenvalue weighted by Gasteiger charge is -2.30. The largest absolute Gasteiger partial charge is 0.369 e. The monoisotopic (exact) mass is 333 g/mol. The number of pyridine rings is 1. The molecule has 3 heterocycles. The molecule has 5 rings (SSSR count). The normalized spacial score (nSPS) is 18.0. The number of hydrogen-bond donors (Lipinski definition) is 1. The Balaban J connectivity index is 1.48. The van der Waals surface area contributed by atoms with Crippen molar-refractivity contribution >= 4 is 16.7 Å². The van der Waals surface area contributed by atoms with Crippen LogP contribution >= 0.6 is 0 Å². The molecular weight excluding hydrogens is 310 g/mol. The Kier molecular flexibility index (Phi) is 3.48. The van der Waals surface area contributed by atoms with Crippen LogP contribution in [-0.4, -0.2) is 40.7 Å². The SMILES string of the molecule is Cc1cc(-c2cc3ncn(C4CC4)c3cn2)ccc1N1CCNCC1. The average Bonchev–Trinajstić information content (AvgIpc) is 3.41. The summed E-state index contributed by atoms with van der Waals surface area (Å²) in [5.74, 6) is 0. The van der Waals surface area contributed by atoms with E-state index < -0.39 is 0 Å². The Morgan fingerprint density at radius 3 is 2.68 bits per heavy atom. The summed E-state index contributed by atoms with van der Waals surface area (Å²) in [7, 11) is 0. The van der Waals surface area contributed by atoms with Gasteiger partial charge in [0.1, 0.15) is 0 Å². The van der Waals surface area contributed by atoms with Crippen LogP contribution in [0, 0.1) is 6.92 Å². The van der Waals surface area contributed by atoms with Gasteiger partial charge >= 0.3 is 0 Å². The lowest BCUT2D eigenvalue weighted by Crippen LogP contribution is -2.43. The Bertz CT molecular complexity index is 919. The molecule has 1 N–H and O–H groups in total. The zero-order valence-electron chi connectivity index (χ0n) is 14.6. The number of nitrogens with zero attached hydrogens (tertiary/aromatic N) is 4. The van der Waals surface area contributed by atoms with Gasteiger partial charge in [0, 0.05) is 43.5 Å². The third-order valence-electron chi connectivity index (χ3n) is 5.35. The van der Waals surface area contributed by atoms with Crippen molar-refractivity contribution in [2.75, 3.05) is 31.1 Å². The van der Waals surface area contributed by atoms with Gasteiger partial charge in [-0.25, -0.2) is 4.98 Å². The molecule has 2 fully saturated rings. The van der Waals surface area contributed by atoms with Crippen LogP contribution < -0.4 is 10.2 Å². The third kappa shape index (κ3) is 2.68. The summed E-state index contributed by atoms with van der Waals surface area (Å²) < 4.78 is 2.27. The number of imidazole rings is 1. The first-order valence-corrected chi connectivity index (χ1v) is 9.19. The van der Waals surface area contributed by atoms with Gasteiger partial charge in [-0.05, 0) is 43.5 Å². The first kappa shape index (κ1) is 14.9. The predicted molar refractivity (Wildman–Crippen MR) is 101 cm³/mol. The van der Waals surface area contributed by atoms with Crippen LogP contribution in [0.15, 0.2) is 36.8 Å². The minimum absolute atomic E-state index is 0.637. The van der Waals surface area contributed by atoms with Crippen molar-refractivity contribution < 1.29 is 0 Å². The lowest BCUT2D eigenvalue weighted by molar-refractivity contribution is 0.588. The van der Waals surface area contributed by atoms with Crippen molar-refractivity contribution in [1.29, 1.82) is 0 Å². The summed E-state index contributed by atoms with van der Waals surface area (Å²) in [5, 5.41) is 3.41. The zero-order valence-corrected chi connectivity index (χ0v) is 14.6.